The summed E-state index contributed by atoms with van der Waals surface area (Å²) in [6, 6.07) is 0. The van der Waals surface area contributed by atoms with Crippen LogP contribution in [0.4, 0.5) is 0 Å². The van der Waals surface area contributed by atoms with E-state index in [1.807, 2.05) is 0 Å². The van der Waals surface area contributed by atoms with Gasteiger partial charge < -0.3 is 16.9 Å². The Hall–Kier alpha value is 0.500. The summed E-state index contributed by atoms with van der Waals surface area (Å²) in [4.78, 5) is 2.91. The zero-order valence-electron chi connectivity index (χ0n) is 12.2. The molecule has 1 N–H and O–H groups in total. The second-order valence-electron chi connectivity index (χ2n) is 5.91. The summed E-state index contributed by atoms with van der Waals surface area (Å²) in [7, 11) is 2.36. The van der Waals surface area contributed by atoms with Gasteiger partial charge in [-0.05, 0) is 38.5 Å². The highest BCUT2D eigenvalue weighted by Crippen LogP contribution is 2.16. The minimum Gasteiger partial charge on any atom is -1.00 e. The SMILES string of the molecule is CCCC[N+](C)(CCCC)CC(C)(C)NCl.[Cl-]. The van der Waals surface area contributed by atoms with E-state index in [-0.39, 0.29) is 17.9 Å². The fourth-order valence-corrected chi connectivity index (χ4v) is 2.39. The number of unbranched alkanes of at least 4 members (excludes halogenated alkanes) is 2. The summed E-state index contributed by atoms with van der Waals surface area (Å²) < 4.78 is 1.13. The highest BCUT2D eigenvalue weighted by Gasteiger charge is 2.30. The molecule has 0 aliphatic carbocycles. The van der Waals surface area contributed by atoms with Crippen molar-refractivity contribution in [2.45, 2.75) is 58.9 Å². The van der Waals surface area contributed by atoms with Crippen LogP contribution in [0.2, 0.25) is 0 Å². The van der Waals surface area contributed by atoms with E-state index in [1.54, 1.807) is 0 Å². The summed E-state index contributed by atoms with van der Waals surface area (Å²) in [5.41, 5.74) is 0.0117. The summed E-state index contributed by atoms with van der Waals surface area (Å²) in [6.45, 7) is 12.5. The zero-order valence-corrected chi connectivity index (χ0v) is 13.7. The van der Waals surface area contributed by atoms with Gasteiger partial charge in [0.05, 0.1) is 32.2 Å². The van der Waals surface area contributed by atoms with Gasteiger partial charge in [-0.15, -0.1) is 0 Å². The minimum absolute atomic E-state index is 0. The van der Waals surface area contributed by atoms with Crippen LogP contribution in [0.5, 0.6) is 0 Å². The molecule has 0 aliphatic rings. The number of nitrogens with zero attached hydrogens (tertiary/aromatic N) is 1. The van der Waals surface area contributed by atoms with Crippen molar-refractivity contribution in [3.05, 3.63) is 0 Å². The van der Waals surface area contributed by atoms with E-state index in [0.29, 0.717) is 0 Å². The molecule has 0 unspecified atom stereocenters. The van der Waals surface area contributed by atoms with Gasteiger partial charge in [0.25, 0.3) is 0 Å². The van der Waals surface area contributed by atoms with E-state index in [1.165, 1.54) is 38.8 Å². The second-order valence-corrected chi connectivity index (χ2v) is 6.10. The Labute approximate surface area is 119 Å². The molecule has 0 aromatic heterocycles. The third-order valence-corrected chi connectivity index (χ3v) is 3.65. The van der Waals surface area contributed by atoms with Crippen molar-refractivity contribution in [3.63, 3.8) is 0 Å². The molecule has 106 valence electrons. The predicted molar refractivity (Wildman–Crippen MR) is 73.7 cm³/mol. The van der Waals surface area contributed by atoms with Crippen LogP contribution in [0.3, 0.4) is 0 Å². The van der Waals surface area contributed by atoms with Gasteiger partial charge in [-0.1, -0.05) is 26.7 Å². The largest absolute Gasteiger partial charge is 1.00 e. The van der Waals surface area contributed by atoms with Crippen LogP contribution in [0.25, 0.3) is 0 Å². The van der Waals surface area contributed by atoms with Crippen molar-refractivity contribution in [1.29, 1.82) is 0 Å². The lowest BCUT2D eigenvalue weighted by Crippen LogP contribution is -3.00. The number of likely N-dealkylation sites (N-methyl/N-ethyl adjacent to an activating group) is 1. The molecule has 0 atom stereocenters. The van der Waals surface area contributed by atoms with E-state index < -0.39 is 0 Å². The first kappa shape index (κ1) is 19.8. The first-order valence-corrected chi connectivity index (χ1v) is 6.98. The molecule has 0 rings (SSSR count). The fraction of sp³-hybridized carbons (Fsp3) is 1.00. The third kappa shape index (κ3) is 9.12. The molecule has 0 aromatic rings. The Morgan fingerprint density at radius 1 is 1.06 bits per heavy atom. The van der Waals surface area contributed by atoms with E-state index >= 15 is 0 Å². The third-order valence-electron chi connectivity index (χ3n) is 3.14. The van der Waals surface area contributed by atoms with Crippen molar-refractivity contribution in [1.82, 2.24) is 4.84 Å². The van der Waals surface area contributed by atoms with Crippen molar-refractivity contribution in [2.75, 3.05) is 26.7 Å². The monoisotopic (exact) mass is 284 g/mol. The smallest absolute Gasteiger partial charge is 0.0976 e. The number of quaternary nitrogens is 1. The number of hydrogen-bond acceptors (Lipinski definition) is 1. The number of halogens is 2. The number of rotatable bonds is 9. The molecule has 0 radical (unpaired) electrons. The molecular formula is C13H30Cl2N2. The van der Waals surface area contributed by atoms with E-state index in [2.05, 4.69) is 39.6 Å². The standard InChI is InChI=1S/C13H30ClN2.ClH/c1-6-8-10-16(5,11-9-7-2)12-13(3,4)15-14;/h15H,6-12H2,1-5H3;1H/q+1;/p-1. The van der Waals surface area contributed by atoms with Gasteiger partial charge in [0.2, 0.25) is 0 Å². The van der Waals surface area contributed by atoms with Gasteiger partial charge >= 0.3 is 0 Å². The Morgan fingerprint density at radius 2 is 1.47 bits per heavy atom. The molecular weight excluding hydrogens is 255 g/mol. The van der Waals surface area contributed by atoms with Crippen molar-refractivity contribution in [3.8, 4) is 0 Å². The van der Waals surface area contributed by atoms with Crippen molar-refractivity contribution >= 4 is 11.8 Å². The Kier molecular flexibility index (Phi) is 11.0. The van der Waals surface area contributed by atoms with Crippen LogP contribution in [0.15, 0.2) is 0 Å². The molecule has 0 aromatic carbocycles. The number of hydrogen-bond donors (Lipinski definition) is 1. The number of nitrogens with one attached hydrogen (secondary N) is 1. The van der Waals surface area contributed by atoms with Gasteiger partial charge in [-0.2, -0.15) is 0 Å². The van der Waals surface area contributed by atoms with Crippen LogP contribution in [0.1, 0.15) is 53.4 Å². The van der Waals surface area contributed by atoms with Crippen molar-refractivity contribution in [2.24, 2.45) is 0 Å². The average Bonchev–Trinajstić information content (AvgIpc) is 2.23. The maximum Gasteiger partial charge on any atom is 0.0976 e. The molecule has 4 heteroatoms. The Bertz CT molecular complexity index is 176. The van der Waals surface area contributed by atoms with Gasteiger partial charge in [-0.3, -0.25) is 0 Å². The van der Waals surface area contributed by atoms with Gasteiger partial charge in [0.1, 0.15) is 0 Å². The lowest BCUT2D eigenvalue weighted by atomic mass is 10.0. The molecule has 0 bridgehead atoms. The predicted octanol–water partition coefficient (Wildman–Crippen LogP) is 0.559. The second kappa shape index (κ2) is 9.43. The maximum absolute atomic E-state index is 5.81. The molecule has 0 aliphatic heterocycles. The molecule has 0 heterocycles. The van der Waals surface area contributed by atoms with Crippen molar-refractivity contribution < 1.29 is 16.9 Å². The minimum atomic E-state index is 0. The molecule has 0 fully saturated rings. The molecule has 0 spiro atoms. The molecule has 2 nitrogen and oxygen atoms in total. The van der Waals surface area contributed by atoms with Crippen LogP contribution < -0.4 is 17.2 Å². The summed E-state index contributed by atoms with van der Waals surface area (Å²) in [5.74, 6) is 0. The van der Waals surface area contributed by atoms with E-state index in [0.717, 1.165) is 11.0 Å². The van der Waals surface area contributed by atoms with Crippen LogP contribution >= 0.6 is 11.8 Å². The van der Waals surface area contributed by atoms with Crippen LogP contribution in [-0.4, -0.2) is 36.7 Å². The zero-order chi connectivity index (χ0) is 12.7. The molecule has 17 heavy (non-hydrogen) atoms. The molecule has 0 saturated carbocycles. The van der Waals surface area contributed by atoms with Crippen LogP contribution in [-0.2, 0) is 0 Å². The highest BCUT2D eigenvalue weighted by molar-refractivity contribution is 6.13. The summed E-state index contributed by atoms with van der Waals surface area (Å²) >= 11 is 5.81. The van der Waals surface area contributed by atoms with E-state index in [9.17, 15) is 0 Å². The maximum atomic E-state index is 5.81. The lowest BCUT2D eigenvalue weighted by Gasteiger charge is -2.40. The first-order valence-electron chi connectivity index (χ1n) is 6.60. The van der Waals surface area contributed by atoms with E-state index in [4.69, 9.17) is 11.8 Å². The van der Waals surface area contributed by atoms with Gasteiger partial charge in [0.15, 0.2) is 0 Å². The average molecular weight is 285 g/mol. The summed E-state index contributed by atoms with van der Waals surface area (Å²) in [5, 5.41) is 0. The fourth-order valence-electron chi connectivity index (χ4n) is 2.33. The lowest BCUT2D eigenvalue weighted by molar-refractivity contribution is -0.913. The Balaban J connectivity index is 0. The highest BCUT2D eigenvalue weighted by atomic mass is 35.5. The molecule has 0 saturated heterocycles. The first-order chi connectivity index (χ1) is 7.39. The quantitative estimate of drug-likeness (QED) is 0.482. The van der Waals surface area contributed by atoms with Crippen LogP contribution in [0, 0.1) is 0 Å². The Morgan fingerprint density at radius 3 is 1.76 bits per heavy atom. The normalized spacial score (nSPS) is 12.4. The molecule has 0 amide bonds. The van der Waals surface area contributed by atoms with Gasteiger partial charge in [0, 0.05) is 0 Å². The van der Waals surface area contributed by atoms with Gasteiger partial charge in [-0.25, -0.2) is 4.84 Å². The topological polar surface area (TPSA) is 12.0 Å². The summed E-state index contributed by atoms with van der Waals surface area (Å²) in [6.07, 6.45) is 5.15.